The Morgan fingerprint density at radius 3 is 2.74 bits per heavy atom. The monoisotopic (exact) mass is 348 g/mol. The Morgan fingerprint density at radius 2 is 2.16 bits per heavy atom. The highest BCUT2D eigenvalue weighted by molar-refractivity contribution is 9.10. The summed E-state index contributed by atoms with van der Waals surface area (Å²) in [6.07, 6.45) is -0.0986. The van der Waals surface area contributed by atoms with Crippen molar-refractivity contribution in [1.29, 1.82) is 0 Å². The van der Waals surface area contributed by atoms with Gasteiger partial charge in [-0.25, -0.2) is 4.79 Å². The first kappa shape index (κ1) is 15.8. The van der Waals surface area contributed by atoms with E-state index in [4.69, 9.17) is 16.7 Å². The van der Waals surface area contributed by atoms with Crippen LogP contribution in [0.2, 0.25) is 5.02 Å². The second-order valence-electron chi connectivity index (χ2n) is 3.97. The fraction of sp³-hybridized carbons (Fsp3) is 0.333. The molecule has 0 heterocycles. The number of halogens is 2. The van der Waals surface area contributed by atoms with E-state index in [2.05, 4.69) is 21.2 Å². The largest absolute Gasteiger partial charge is 0.481 e. The van der Waals surface area contributed by atoms with Crippen LogP contribution < -0.4 is 5.32 Å². The summed E-state index contributed by atoms with van der Waals surface area (Å²) >= 11 is 9.36. The molecular weight excluding hydrogens is 336 g/mol. The van der Waals surface area contributed by atoms with E-state index in [1.165, 1.54) is 4.90 Å². The molecule has 0 fully saturated rings. The molecule has 1 aromatic rings. The first-order chi connectivity index (χ1) is 8.90. The molecule has 0 saturated carbocycles. The van der Waals surface area contributed by atoms with Crippen molar-refractivity contribution in [2.45, 2.75) is 13.0 Å². The van der Waals surface area contributed by atoms with E-state index in [0.717, 1.165) is 10.0 Å². The average molecular weight is 350 g/mol. The normalized spacial score (nSPS) is 10.1. The number of hydrogen-bond acceptors (Lipinski definition) is 2. The van der Waals surface area contributed by atoms with Gasteiger partial charge in [0.25, 0.3) is 0 Å². The molecule has 0 saturated heterocycles. The van der Waals surface area contributed by atoms with Gasteiger partial charge in [-0.05, 0) is 17.7 Å². The predicted octanol–water partition coefficient (Wildman–Crippen LogP) is 2.72. The van der Waals surface area contributed by atoms with E-state index in [0.29, 0.717) is 11.6 Å². The van der Waals surface area contributed by atoms with Crippen molar-refractivity contribution >= 4 is 39.5 Å². The molecule has 0 aliphatic heterocycles. The highest BCUT2D eigenvalue weighted by atomic mass is 79.9. The van der Waals surface area contributed by atoms with Gasteiger partial charge in [-0.15, -0.1) is 0 Å². The van der Waals surface area contributed by atoms with Gasteiger partial charge >= 0.3 is 12.0 Å². The standard InChI is InChI=1S/C12H14BrClN2O3/c1-16(12(19)15-5-4-11(17)18)7-8-2-3-9(13)6-10(8)14/h2-3,6H,4-5,7H2,1H3,(H,15,19)(H,17,18). The molecule has 0 aromatic heterocycles. The Morgan fingerprint density at radius 1 is 1.47 bits per heavy atom. The molecular formula is C12H14BrClN2O3. The number of carboxylic acids is 1. The molecule has 0 radical (unpaired) electrons. The SMILES string of the molecule is CN(Cc1ccc(Br)cc1Cl)C(=O)NCCC(=O)O. The molecule has 0 spiro atoms. The third kappa shape index (κ3) is 5.48. The number of hydrogen-bond donors (Lipinski definition) is 2. The van der Waals surface area contributed by atoms with Crippen LogP contribution in [-0.2, 0) is 11.3 Å². The van der Waals surface area contributed by atoms with E-state index in [9.17, 15) is 9.59 Å². The van der Waals surface area contributed by atoms with E-state index in [-0.39, 0.29) is 19.0 Å². The summed E-state index contributed by atoms with van der Waals surface area (Å²) in [5.74, 6) is -0.945. The van der Waals surface area contributed by atoms with Gasteiger partial charge in [-0.3, -0.25) is 4.79 Å². The molecule has 2 amide bonds. The summed E-state index contributed by atoms with van der Waals surface area (Å²) in [5.41, 5.74) is 0.820. The minimum Gasteiger partial charge on any atom is -0.481 e. The number of urea groups is 1. The minimum atomic E-state index is -0.945. The third-order valence-electron chi connectivity index (χ3n) is 2.38. The highest BCUT2D eigenvalue weighted by Gasteiger charge is 2.11. The van der Waals surface area contributed by atoms with Crippen molar-refractivity contribution in [1.82, 2.24) is 10.2 Å². The quantitative estimate of drug-likeness (QED) is 0.859. The zero-order chi connectivity index (χ0) is 14.4. The van der Waals surface area contributed by atoms with Crippen LogP contribution in [0.5, 0.6) is 0 Å². The zero-order valence-corrected chi connectivity index (χ0v) is 12.7. The van der Waals surface area contributed by atoms with Gasteiger partial charge in [0.05, 0.1) is 6.42 Å². The molecule has 104 valence electrons. The van der Waals surface area contributed by atoms with Crippen LogP contribution in [0.4, 0.5) is 4.79 Å². The lowest BCUT2D eigenvalue weighted by Crippen LogP contribution is -2.37. The fourth-order valence-corrected chi connectivity index (χ4v) is 2.12. The first-order valence-electron chi connectivity index (χ1n) is 5.55. The summed E-state index contributed by atoms with van der Waals surface area (Å²) in [4.78, 5) is 23.4. The van der Waals surface area contributed by atoms with Crippen LogP contribution in [0.1, 0.15) is 12.0 Å². The van der Waals surface area contributed by atoms with Crippen molar-refractivity contribution in [3.05, 3.63) is 33.3 Å². The van der Waals surface area contributed by atoms with E-state index < -0.39 is 5.97 Å². The number of carboxylic acid groups (broad SMARTS) is 1. The summed E-state index contributed by atoms with van der Waals surface area (Å²) in [7, 11) is 1.62. The molecule has 0 aliphatic carbocycles. The summed E-state index contributed by atoms with van der Waals surface area (Å²) in [5, 5.41) is 11.6. The third-order valence-corrected chi connectivity index (χ3v) is 3.23. The summed E-state index contributed by atoms with van der Waals surface area (Å²) in [6.45, 7) is 0.456. The van der Waals surface area contributed by atoms with Gasteiger partial charge < -0.3 is 15.3 Å². The Hall–Kier alpha value is -1.27. The van der Waals surface area contributed by atoms with Crippen molar-refractivity contribution in [2.24, 2.45) is 0 Å². The lowest BCUT2D eigenvalue weighted by atomic mass is 10.2. The van der Waals surface area contributed by atoms with Crippen molar-refractivity contribution < 1.29 is 14.7 Å². The molecule has 0 bridgehead atoms. The van der Waals surface area contributed by atoms with Gasteiger partial charge in [0, 0.05) is 29.6 Å². The highest BCUT2D eigenvalue weighted by Crippen LogP contribution is 2.22. The van der Waals surface area contributed by atoms with E-state index >= 15 is 0 Å². The Labute approximate surface area is 124 Å². The molecule has 2 N–H and O–H groups in total. The molecule has 1 rings (SSSR count). The van der Waals surface area contributed by atoms with Gasteiger partial charge in [-0.2, -0.15) is 0 Å². The predicted molar refractivity (Wildman–Crippen MR) is 76.3 cm³/mol. The van der Waals surface area contributed by atoms with Gasteiger partial charge in [0.2, 0.25) is 0 Å². The second-order valence-corrected chi connectivity index (χ2v) is 5.29. The van der Waals surface area contributed by atoms with Crippen molar-refractivity contribution in [2.75, 3.05) is 13.6 Å². The number of aliphatic carboxylic acids is 1. The average Bonchev–Trinajstić information content (AvgIpc) is 2.32. The Balaban J connectivity index is 2.51. The topological polar surface area (TPSA) is 69.6 Å². The number of benzene rings is 1. The van der Waals surface area contributed by atoms with Crippen LogP contribution in [0.25, 0.3) is 0 Å². The lowest BCUT2D eigenvalue weighted by Gasteiger charge is -2.18. The van der Waals surface area contributed by atoms with Crippen LogP contribution in [0, 0.1) is 0 Å². The molecule has 7 heteroatoms. The Kier molecular flexibility index (Phi) is 6.11. The number of carbonyl (C=O) groups is 2. The lowest BCUT2D eigenvalue weighted by molar-refractivity contribution is -0.136. The maximum atomic E-state index is 11.7. The van der Waals surface area contributed by atoms with Crippen molar-refractivity contribution in [3.8, 4) is 0 Å². The van der Waals surface area contributed by atoms with Gasteiger partial charge in [0.1, 0.15) is 0 Å². The number of carbonyl (C=O) groups excluding carboxylic acids is 1. The number of nitrogens with one attached hydrogen (secondary N) is 1. The maximum absolute atomic E-state index is 11.7. The fourth-order valence-electron chi connectivity index (χ4n) is 1.39. The molecule has 0 atom stereocenters. The van der Waals surface area contributed by atoms with Gasteiger partial charge in [0.15, 0.2) is 0 Å². The molecule has 0 aliphatic rings. The summed E-state index contributed by atoms with van der Waals surface area (Å²) in [6, 6.07) is 5.10. The minimum absolute atomic E-state index is 0.0986. The van der Waals surface area contributed by atoms with Gasteiger partial charge in [-0.1, -0.05) is 33.6 Å². The van der Waals surface area contributed by atoms with E-state index in [1.807, 2.05) is 12.1 Å². The second kappa shape index (κ2) is 7.35. The van der Waals surface area contributed by atoms with E-state index in [1.54, 1.807) is 13.1 Å². The van der Waals surface area contributed by atoms with Crippen LogP contribution in [0.3, 0.4) is 0 Å². The van der Waals surface area contributed by atoms with Crippen LogP contribution in [0.15, 0.2) is 22.7 Å². The first-order valence-corrected chi connectivity index (χ1v) is 6.72. The summed E-state index contributed by atoms with van der Waals surface area (Å²) < 4.78 is 0.870. The maximum Gasteiger partial charge on any atom is 0.317 e. The Bertz CT molecular complexity index is 482. The number of amides is 2. The zero-order valence-electron chi connectivity index (χ0n) is 10.3. The van der Waals surface area contributed by atoms with Crippen LogP contribution in [-0.4, -0.2) is 35.6 Å². The molecule has 0 unspecified atom stereocenters. The number of nitrogens with zero attached hydrogens (tertiary/aromatic N) is 1. The molecule has 19 heavy (non-hydrogen) atoms. The molecule has 5 nitrogen and oxygen atoms in total. The van der Waals surface area contributed by atoms with Crippen molar-refractivity contribution in [3.63, 3.8) is 0 Å². The number of rotatable bonds is 5. The smallest absolute Gasteiger partial charge is 0.317 e. The molecule has 1 aromatic carbocycles. The van der Waals surface area contributed by atoms with Crippen LogP contribution >= 0.6 is 27.5 Å².